The predicted molar refractivity (Wildman–Crippen MR) is 125 cm³/mol. The van der Waals surface area contributed by atoms with Crippen molar-refractivity contribution >= 4 is 50.1 Å². The van der Waals surface area contributed by atoms with E-state index >= 15 is 0 Å². The number of nitrogens with zero attached hydrogens (tertiary/aromatic N) is 1. The maximum absolute atomic E-state index is 13.4. The third-order valence-corrected chi connectivity index (χ3v) is 7.84. The molecule has 9 heteroatoms. The molecule has 0 saturated heterocycles. The molecule has 160 valence electrons. The van der Waals surface area contributed by atoms with Crippen LogP contribution in [0.25, 0.3) is 0 Å². The minimum atomic E-state index is -4.07. The summed E-state index contributed by atoms with van der Waals surface area (Å²) in [6, 6.07) is 14.2. The number of ether oxygens (including phenoxy) is 1. The number of hydrogen-bond acceptors (Lipinski definition) is 6. The standard InChI is InChI=1S/C22H19ClN2O4S2/c1-14-3-5-15(6-4-14)13-25-18-9-10-30-22(18)21(26)20(31(25,27)28)12-24-16-7-8-19(29-2)17(23)11-16/h3-12,24H,13H2,1-2H3/b20-12-. The molecule has 0 fully saturated rings. The van der Waals surface area contributed by atoms with E-state index in [-0.39, 0.29) is 11.4 Å². The molecule has 0 saturated carbocycles. The van der Waals surface area contributed by atoms with Gasteiger partial charge in [0.05, 0.1) is 24.4 Å². The van der Waals surface area contributed by atoms with E-state index in [4.69, 9.17) is 16.3 Å². The Bertz CT molecular complexity index is 1280. The normalized spacial score (nSPS) is 16.3. The van der Waals surface area contributed by atoms with Crippen molar-refractivity contribution in [2.24, 2.45) is 0 Å². The van der Waals surface area contributed by atoms with Crippen LogP contribution >= 0.6 is 22.9 Å². The highest BCUT2D eigenvalue weighted by Crippen LogP contribution is 2.39. The first-order chi connectivity index (χ1) is 14.8. The van der Waals surface area contributed by atoms with Crippen molar-refractivity contribution in [3.63, 3.8) is 0 Å². The minimum Gasteiger partial charge on any atom is -0.495 e. The average Bonchev–Trinajstić information content (AvgIpc) is 3.22. The number of benzene rings is 2. The summed E-state index contributed by atoms with van der Waals surface area (Å²) in [5.74, 6) is -0.0361. The molecule has 1 aliphatic heterocycles. The van der Waals surface area contributed by atoms with Gasteiger partial charge in [-0.3, -0.25) is 9.10 Å². The van der Waals surface area contributed by atoms with Crippen molar-refractivity contribution in [2.45, 2.75) is 13.5 Å². The Morgan fingerprint density at radius 3 is 2.58 bits per heavy atom. The number of allylic oxidation sites excluding steroid dienone is 1. The predicted octanol–water partition coefficient (Wildman–Crippen LogP) is 5.20. The molecule has 0 bridgehead atoms. The molecule has 31 heavy (non-hydrogen) atoms. The summed E-state index contributed by atoms with van der Waals surface area (Å²) in [5, 5.41) is 4.97. The molecule has 1 aliphatic rings. The molecule has 0 aliphatic carbocycles. The maximum atomic E-state index is 13.4. The first kappa shape index (κ1) is 21.4. The van der Waals surface area contributed by atoms with E-state index in [2.05, 4.69) is 5.32 Å². The Morgan fingerprint density at radius 2 is 1.90 bits per heavy atom. The number of aryl methyl sites for hydroxylation is 1. The highest BCUT2D eigenvalue weighted by Gasteiger charge is 2.41. The van der Waals surface area contributed by atoms with Gasteiger partial charge in [-0.15, -0.1) is 11.3 Å². The molecule has 3 aromatic rings. The quantitative estimate of drug-likeness (QED) is 0.514. The summed E-state index contributed by atoms with van der Waals surface area (Å²) in [6.07, 6.45) is 1.22. The van der Waals surface area contributed by atoms with Gasteiger partial charge in [0.15, 0.2) is 4.91 Å². The Kier molecular flexibility index (Phi) is 5.79. The van der Waals surface area contributed by atoms with Crippen LogP contribution in [-0.2, 0) is 16.6 Å². The average molecular weight is 475 g/mol. The van der Waals surface area contributed by atoms with E-state index in [1.165, 1.54) is 29.0 Å². The van der Waals surface area contributed by atoms with Crippen LogP contribution in [0.5, 0.6) is 5.75 Å². The number of hydrogen-bond donors (Lipinski definition) is 1. The number of fused-ring (bicyclic) bond motifs is 1. The first-order valence-corrected chi connectivity index (χ1v) is 12.0. The maximum Gasteiger partial charge on any atom is 0.270 e. The molecule has 4 rings (SSSR count). The molecule has 0 amide bonds. The summed E-state index contributed by atoms with van der Waals surface area (Å²) < 4.78 is 33.2. The lowest BCUT2D eigenvalue weighted by molar-refractivity contribution is 0.104. The monoisotopic (exact) mass is 474 g/mol. The molecule has 2 heterocycles. The number of ketones is 1. The van der Waals surface area contributed by atoms with Gasteiger partial charge in [0, 0.05) is 11.9 Å². The summed E-state index contributed by atoms with van der Waals surface area (Å²) in [5.41, 5.74) is 2.85. The lowest BCUT2D eigenvalue weighted by Gasteiger charge is -2.29. The van der Waals surface area contributed by atoms with Crippen LogP contribution in [-0.4, -0.2) is 21.3 Å². The second kappa shape index (κ2) is 8.37. The van der Waals surface area contributed by atoms with E-state index in [0.29, 0.717) is 27.0 Å². The second-order valence-electron chi connectivity index (χ2n) is 6.96. The van der Waals surface area contributed by atoms with E-state index in [1.54, 1.807) is 29.6 Å². The number of carbonyl (C=O) groups excluding carboxylic acids is 1. The van der Waals surface area contributed by atoms with Gasteiger partial charge >= 0.3 is 0 Å². The Morgan fingerprint density at radius 1 is 1.16 bits per heavy atom. The van der Waals surface area contributed by atoms with Gasteiger partial charge in [-0.2, -0.15) is 0 Å². The van der Waals surface area contributed by atoms with Crippen molar-refractivity contribution in [2.75, 3.05) is 16.7 Å². The summed E-state index contributed by atoms with van der Waals surface area (Å²) in [6.45, 7) is 2.10. The van der Waals surface area contributed by atoms with Gasteiger partial charge in [0.2, 0.25) is 5.78 Å². The number of nitrogens with one attached hydrogen (secondary N) is 1. The van der Waals surface area contributed by atoms with Crippen LogP contribution in [0.3, 0.4) is 0 Å². The van der Waals surface area contributed by atoms with Gasteiger partial charge in [-0.25, -0.2) is 8.42 Å². The van der Waals surface area contributed by atoms with E-state index in [0.717, 1.165) is 11.1 Å². The Labute approximate surface area is 189 Å². The zero-order valence-corrected chi connectivity index (χ0v) is 19.1. The lowest BCUT2D eigenvalue weighted by Crippen LogP contribution is -2.38. The van der Waals surface area contributed by atoms with Crippen molar-refractivity contribution < 1.29 is 17.9 Å². The van der Waals surface area contributed by atoms with Gasteiger partial charge < -0.3 is 10.1 Å². The first-order valence-electron chi connectivity index (χ1n) is 9.32. The second-order valence-corrected chi connectivity index (χ2v) is 10.1. The number of anilines is 2. The highest BCUT2D eigenvalue weighted by molar-refractivity contribution is 7.97. The van der Waals surface area contributed by atoms with Crippen LogP contribution < -0.4 is 14.4 Å². The minimum absolute atomic E-state index is 0.130. The van der Waals surface area contributed by atoms with Crippen molar-refractivity contribution in [1.29, 1.82) is 0 Å². The van der Waals surface area contributed by atoms with E-state index < -0.39 is 15.8 Å². The van der Waals surface area contributed by atoms with Gasteiger partial charge in [-0.05, 0) is 42.1 Å². The van der Waals surface area contributed by atoms with E-state index in [9.17, 15) is 13.2 Å². The number of halogens is 1. The van der Waals surface area contributed by atoms with Crippen LogP contribution in [0.2, 0.25) is 5.02 Å². The Hall–Kier alpha value is -2.81. The van der Waals surface area contributed by atoms with Gasteiger partial charge in [-0.1, -0.05) is 41.4 Å². The third-order valence-electron chi connectivity index (χ3n) is 4.88. The van der Waals surface area contributed by atoms with Crippen LogP contribution in [0, 0.1) is 6.92 Å². The lowest BCUT2D eigenvalue weighted by atomic mass is 10.1. The fourth-order valence-electron chi connectivity index (χ4n) is 3.22. The molecule has 0 atom stereocenters. The summed E-state index contributed by atoms with van der Waals surface area (Å²) in [7, 11) is -2.56. The van der Waals surface area contributed by atoms with Gasteiger partial charge in [0.1, 0.15) is 10.6 Å². The fourth-order valence-corrected chi connectivity index (χ4v) is 5.96. The van der Waals surface area contributed by atoms with Crippen LogP contribution in [0.4, 0.5) is 11.4 Å². The molecular formula is C22H19ClN2O4S2. The molecule has 0 spiro atoms. The third kappa shape index (κ3) is 4.06. The molecule has 1 N–H and O–H groups in total. The fraction of sp³-hybridized carbons (Fsp3) is 0.136. The molecule has 0 unspecified atom stereocenters. The summed E-state index contributed by atoms with van der Waals surface area (Å²) in [4.78, 5) is 13.0. The molecule has 1 aromatic heterocycles. The summed E-state index contributed by atoms with van der Waals surface area (Å²) >= 11 is 7.36. The number of thiophene rings is 1. The molecule has 0 radical (unpaired) electrons. The number of sulfonamides is 1. The largest absolute Gasteiger partial charge is 0.495 e. The number of methoxy groups -OCH3 is 1. The Balaban J connectivity index is 1.71. The van der Waals surface area contributed by atoms with Crippen molar-refractivity contribution in [3.8, 4) is 5.75 Å². The molecule has 6 nitrogen and oxygen atoms in total. The molecular weight excluding hydrogens is 456 g/mol. The van der Waals surface area contributed by atoms with E-state index in [1.807, 2.05) is 31.2 Å². The number of rotatable bonds is 5. The van der Waals surface area contributed by atoms with Crippen LogP contribution in [0.1, 0.15) is 20.8 Å². The highest BCUT2D eigenvalue weighted by atomic mass is 35.5. The molecule has 2 aromatic carbocycles. The zero-order valence-electron chi connectivity index (χ0n) is 16.8. The number of carbonyl (C=O) groups is 1. The zero-order chi connectivity index (χ0) is 22.2. The topological polar surface area (TPSA) is 75.7 Å². The van der Waals surface area contributed by atoms with Crippen molar-refractivity contribution in [3.05, 3.63) is 86.0 Å². The van der Waals surface area contributed by atoms with Gasteiger partial charge in [0.25, 0.3) is 10.0 Å². The SMILES string of the molecule is COc1ccc(N/C=C2/C(=O)c3sccc3N(Cc3ccc(C)cc3)S2(=O)=O)cc1Cl. The number of Topliss-reactive ketones (excluding diaryl/α,β-unsaturated/α-hetero) is 1. The van der Waals surface area contributed by atoms with Crippen molar-refractivity contribution in [1.82, 2.24) is 0 Å². The van der Waals surface area contributed by atoms with Crippen LogP contribution in [0.15, 0.2) is 65.0 Å². The smallest absolute Gasteiger partial charge is 0.270 e.